The molecule has 0 radical (unpaired) electrons. The number of hydrogen-bond donors (Lipinski definition) is 1. The van der Waals surface area contributed by atoms with Crippen LogP contribution in [0.15, 0.2) is 24.3 Å². The first-order valence-corrected chi connectivity index (χ1v) is 9.18. The van der Waals surface area contributed by atoms with Gasteiger partial charge in [-0.15, -0.1) is 0 Å². The van der Waals surface area contributed by atoms with Gasteiger partial charge in [-0.1, -0.05) is 18.2 Å². The van der Waals surface area contributed by atoms with Gasteiger partial charge in [0.05, 0.1) is 0 Å². The molecule has 144 valence electrons. The molecule has 1 N–H and O–H groups in total. The van der Waals surface area contributed by atoms with Crippen molar-refractivity contribution in [1.29, 1.82) is 0 Å². The van der Waals surface area contributed by atoms with Crippen molar-refractivity contribution < 1.29 is 18.7 Å². The van der Waals surface area contributed by atoms with Crippen LogP contribution in [0.1, 0.15) is 52.5 Å². The summed E-state index contributed by atoms with van der Waals surface area (Å²) in [4.78, 5) is 26.6. The number of rotatable bonds is 5. The summed E-state index contributed by atoms with van der Waals surface area (Å²) in [7, 11) is 0. The van der Waals surface area contributed by atoms with E-state index in [0.717, 1.165) is 19.4 Å². The number of carbonyl (C=O) groups is 2. The molecule has 0 aromatic heterocycles. The number of likely N-dealkylation sites (tertiary alicyclic amines) is 1. The van der Waals surface area contributed by atoms with E-state index < -0.39 is 17.7 Å². The topological polar surface area (TPSA) is 58.6 Å². The molecule has 5 nitrogen and oxygen atoms in total. The predicted molar refractivity (Wildman–Crippen MR) is 98.3 cm³/mol. The minimum atomic E-state index is -0.639. The first kappa shape index (κ1) is 20.2. The Morgan fingerprint density at radius 2 is 2.04 bits per heavy atom. The Balaban J connectivity index is 2.08. The maximum Gasteiger partial charge on any atom is 0.407 e. The van der Waals surface area contributed by atoms with E-state index in [1.807, 2.05) is 11.8 Å². The summed E-state index contributed by atoms with van der Waals surface area (Å²) >= 11 is 0. The third-order valence-electron chi connectivity index (χ3n) is 4.44. The lowest BCUT2D eigenvalue weighted by atomic mass is 10.0. The first-order chi connectivity index (χ1) is 12.2. The Morgan fingerprint density at radius 1 is 1.35 bits per heavy atom. The van der Waals surface area contributed by atoms with E-state index >= 15 is 0 Å². The molecule has 0 aliphatic carbocycles. The number of nitrogens with one attached hydrogen (secondary N) is 1. The summed E-state index contributed by atoms with van der Waals surface area (Å²) in [6.45, 7) is 8.08. The van der Waals surface area contributed by atoms with Gasteiger partial charge in [0.15, 0.2) is 0 Å². The first-order valence-electron chi connectivity index (χ1n) is 9.18. The molecule has 26 heavy (non-hydrogen) atoms. The summed E-state index contributed by atoms with van der Waals surface area (Å²) in [5.41, 5.74) is -0.170. The van der Waals surface area contributed by atoms with Crippen LogP contribution in [0.3, 0.4) is 0 Å². The minimum Gasteiger partial charge on any atom is -0.444 e. The quantitative estimate of drug-likeness (QED) is 0.867. The van der Waals surface area contributed by atoms with Crippen molar-refractivity contribution in [2.24, 2.45) is 0 Å². The molecule has 1 aromatic carbocycles. The fourth-order valence-electron chi connectivity index (χ4n) is 3.21. The highest BCUT2D eigenvalue weighted by Gasteiger charge is 2.29. The zero-order valence-corrected chi connectivity index (χ0v) is 16.0. The van der Waals surface area contributed by atoms with Crippen molar-refractivity contribution in [1.82, 2.24) is 10.2 Å². The van der Waals surface area contributed by atoms with Gasteiger partial charge in [0.1, 0.15) is 11.4 Å². The van der Waals surface area contributed by atoms with E-state index in [1.54, 1.807) is 39.0 Å². The highest BCUT2D eigenvalue weighted by atomic mass is 19.1. The number of halogens is 1. The van der Waals surface area contributed by atoms with Crippen molar-refractivity contribution in [2.45, 2.75) is 71.1 Å². The maximum absolute atomic E-state index is 14.0. The molecule has 2 atom stereocenters. The average molecular weight is 364 g/mol. The van der Waals surface area contributed by atoms with Gasteiger partial charge in [0.25, 0.3) is 0 Å². The summed E-state index contributed by atoms with van der Waals surface area (Å²) in [5, 5.41) is 2.74. The van der Waals surface area contributed by atoms with E-state index in [2.05, 4.69) is 5.32 Å². The second kappa shape index (κ2) is 8.52. The number of ether oxygens (including phenoxy) is 1. The van der Waals surface area contributed by atoms with Gasteiger partial charge in [0.2, 0.25) is 5.91 Å². The molecule has 1 heterocycles. The van der Waals surface area contributed by atoms with E-state index in [1.165, 1.54) is 6.07 Å². The summed E-state index contributed by atoms with van der Waals surface area (Å²) in [5.74, 6) is -0.363. The molecule has 1 aliphatic rings. The smallest absolute Gasteiger partial charge is 0.407 e. The summed E-state index contributed by atoms with van der Waals surface area (Å²) in [6.07, 6.45) is 1.74. The third-order valence-corrected chi connectivity index (χ3v) is 4.44. The van der Waals surface area contributed by atoms with Gasteiger partial charge in [-0.25, -0.2) is 9.18 Å². The second-order valence-corrected chi connectivity index (χ2v) is 7.92. The number of alkyl carbamates (subject to hydrolysis) is 1. The molecular formula is C20H29FN2O3. The molecule has 1 aliphatic heterocycles. The lowest BCUT2D eigenvalue weighted by Gasteiger charge is -2.26. The molecule has 0 spiro atoms. The van der Waals surface area contributed by atoms with Crippen molar-refractivity contribution >= 4 is 12.0 Å². The standard InChI is InChI=1S/C20H29FN2O3/c1-14-8-7-11-23(14)18(24)13-16(22-19(25)26-20(2,3)4)12-15-9-5-6-10-17(15)21/h5-6,9-10,14,16H,7-8,11-13H2,1-4H3,(H,22,25)/t14?,16-/m1/s1. The Bertz CT molecular complexity index is 642. The number of carbonyl (C=O) groups excluding carboxylic acids is 2. The van der Waals surface area contributed by atoms with Crippen LogP contribution in [0.2, 0.25) is 0 Å². The van der Waals surface area contributed by atoms with Gasteiger partial charge >= 0.3 is 6.09 Å². The van der Waals surface area contributed by atoms with E-state index in [9.17, 15) is 14.0 Å². The molecule has 1 fully saturated rings. The Morgan fingerprint density at radius 3 is 2.62 bits per heavy atom. The highest BCUT2D eigenvalue weighted by molar-refractivity contribution is 5.78. The number of hydrogen-bond acceptors (Lipinski definition) is 3. The lowest BCUT2D eigenvalue weighted by Crippen LogP contribution is -2.44. The SMILES string of the molecule is CC1CCCN1C(=O)C[C@@H](Cc1ccccc1F)NC(=O)OC(C)(C)C. The third kappa shape index (κ3) is 6.00. The van der Waals surface area contributed by atoms with E-state index in [4.69, 9.17) is 4.74 Å². The maximum atomic E-state index is 14.0. The fraction of sp³-hybridized carbons (Fsp3) is 0.600. The van der Waals surface area contributed by atoms with Crippen molar-refractivity contribution in [3.05, 3.63) is 35.6 Å². The van der Waals surface area contributed by atoms with Crippen LogP contribution in [0, 0.1) is 5.82 Å². The molecule has 1 aromatic rings. The highest BCUT2D eigenvalue weighted by Crippen LogP contribution is 2.19. The van der Waals surface area contributed by atoms with Gasteiger partial charge in [-0.05, 0) is 58.6 Å². The van der Waals surface area contributed by atoms with E-state index in [-0.39, 0.29) is 30.6 Å². The minimum absolute atomic E-state index is 0.0209. The van der Waals surface area contributed by atoms with Crippen molar-refractivity contribution in [3.63, 3.8) is 0 Å². The molecule has 6 heteroatoms. The largest absolute Gasteiger partial charge is 0.444 e. The lowest BCUT2D eigenvalue weighted by molar-refractivity contribution is -0.132. The van der Waals surface area contributed by atoms with Gasteiger partial charge < -0.3 is 15.0 Å². The Kier molecular flexibility index (Phi) is 6.62. The van der Waals surface area contributed by atoms with Crippen LogP contribution >= 0.6 is 0 Å². The zero-order valence-electron chi connectivity index (χ0n) is 16.0. The number of amides is 2. The van der Waals surface area contributed by atoms with Gasteiger partial charge in [-0.2, -0.15) is 0 Å². The number of benzene rings is 1. The molecular weight excluding hydrogens is 335 g/mol. The average Bonchev–Trinajstić information content (AvgIpc) is 2.93. The van der Waals surface area contributed by atoms with Crippen LogP contribution < -0.4 is 5.32 Å². The molecule has 1 saturated heterocycles. The summed E-state index contributed by atoms with van der Waals surface area (Å²) in [6, 6.07) is 6.09. The van der Waals surface area contributed by atoms with Crippen LogP contribution in [0.25, 0.3) is 0 Å². The van der Waals surface area contributed by atoms with Crippen molar-refractivity contribution in [2.75, 3.05) is 6.54 Å². The van der Waals surface area contributed by atoms with Gasteiger partial charge in [-0.3, -0.25) is 4.79 Å². The van der Waals surface area contributed by atoms with Crippen LogP contribution in [-0.4, -0.2) is 41.1 Å². The van der Waals surface area contributed by atoms with E-state index in [0.29, 0.717) is 5.56 Å². The summed E-state index contributed by atoms with van der Waals surface area (Å²) < 4.78 is 19.3. The van der Waals surface area contributed by atoms with Crippen LogP contribution in [0.5, 0.6) is 0 Å². The van der Waals surface area contributed by atoms with Crippen molar-refractivity contribution in [3.8, 4) is 0 Å². The van der Waals surface area contributed by atoms with Crippen LogP contribution in [-0.2, 0) is 16.0 Å². The monoisotopic (exact) mass is 364 g/mol. The predicted octanol–water partition coefficient (Wildman–Crippen LogP) is 3.66. The molecule has 2 rings (SSSR count). The van der Waals surface area contributed by atoms with Crippen LogP contribution in [0.4, 0.5) is 9.18 Å². The second-order valence-electron chi connectivity index (χ2n) is 7.92. The Labute approximate surface area is 154 Å². The zero-order chi connectivity index (χ0) is 19.3. The normalized spacial score (nSPS) is 18.5. The fourth-order valence-corrected chi connectivity index (χ4v) is 3.21. The van der Waals surface area contributed by atoms with Gasteiger partial charge in [0, 0.05) is 25.0 Å². The molecule has 2 amide bonds. The molecule has 0 bridgehead atoms. The molecule has 1 unspecified atom stereocenters. The Hall–Kier alpha value is -2.11. The molecule has 0 saturated carbocycles. The number of nitrogens with zero attached hydrogens (tertiary/aromatic N) is 1.